The van der Waals surface area contributed by atoms with Crippen molar-refractivity contribution in [2.45, 2.75) is 11.1 Å². The number of aromatic nitrogens is 3. The Hall–Kier alpha value is -2.18. The van der Waals surface area contributed by atoms with E-state index in [0.29, 0.717) is 16.6 Å². The van der Waals surface area contributed by atoms with Crippen molar-refractivity contribution in [3.05, 3.63) is 57.5 Å². The van der Waals surface area contributed by atoms with Gasteiger partial charge in [-0.25, -0.2) is 23.1 Å². The van der Waals surface area contributed by atoms with Crippen LogP contribution in [0.5, 0.6) is 0 Å². The van der Waals surface area contributed by atoms with Crippen LogP contribution in [0.4, 0.5) is 13.2 Å². The first-order valence-corrected chi connectivity index (χ1v) is 9.57. The number of imidazole rings is 1. The fraction of sp³-hybridized carbons (Fsp3) is 0.0714. The maximum absolute atomic E-state index is 12.8. The molecule has 27 heavy (non-hydrogen) atoms. The zero-order valence-corrected chi connectivity index (χ0v) is 16.0. The molecular formula is C14H7BrClF3N4O3S. The fourth-order valence-electron chi connectivity index (χ4n) is 2.08. The summed E-state index contributed by atoms with van der Waals surface area (Å²) < 4.78 is 66.7. The number of benzene rings is 1. The van der Waals surface area contributed by atoms with Crippen molar-refractivity contribution in [2.24, 2.45) is 0 Å². The Bertz CT molecular complexity index is 1160. The van der Waals surface area contributed by atoms with Gasteiger partial charge in [-0.1, -0.05) is 11.6 Å². The van der Waals surface area contributed by atoms with E-state index < -0.39 is 37.6 Å². The molecule has 3 aromatic rings. The molecule has 0 aliphatic carbocycles. The molecule has 0 aliphatic rings. The molecule has 1 aromatic carbocycles. The first-order chi connectivity index (χ1) is 12.5. The summed E-state index contributed by atoms with van der Waals surface area (Å²) >= 11 is 8.88. The molecule has 1 amide bonds. The molecule has 0 fully saturated rings. The third-order valence-corrected chi connectivity index (χ3v) is 5.51. The zero-order valence-electron chi connectivity index (χ0n) is 12.8. The van der Waals surface area contributed by atoms with Crippen LogP contribution in [-0.4, -0.2) is 28.7 Å². The summed E-state index contributed by atoms with van der Waals surface area (Å²) in [5.41, 5.74) is -1.52. The minimum atomic E-state index is -4.78. The maximum Gasteiger partial charge on any atom is 0.416 e. The van der Waals surface area contributed by atoms with Crippen molar-refractivity contribution in [3.8, 4) is 0 Å². The van der Waals surface area contributed by atoms with Crippen LogP contribution in [0.3, 0.4) is 0 Å². The Labute approximate surface area is 163 Å². The van der Waals surface area contributed by atoms with Crippen LogP contribution >= 0.6 is 27.5 Å². The van der Waals surface area contributed by atoms with Crippen LogP contribution in [0.15, 0.2) is 46.2 Å². The van der Waals surface area contributed by atoms with Crippen LogP contribution in [0.2, 0.25) is 5.02 Å². The Morgan fingerprint density at radius 3 is 2.63 bits per heavy atom. The molecule has 7 nitrogen and oxygen atoms in total. The van der Waals surface area contributed by atoms with Gasteiger partial charge < -0.3 is 0 Å². The molecule has 0 spiro atoms. The molecular weight excluding hydrogens is 477 g/mol. The largest absolute Gasteiger partial charge is 0.416 e. The van der Waals surface area contributed by atoms with Crippen molar-refractivity contribution in [3.63, 3.8) is 0 Å². The average Bonchev–Trinajstić information content (AvgIpc) is 2.96. The summed E-state index contributed by atoms with van der Waals surface area (Å²) in [5.74, 6) is -1.03. The number of nitrogens with one attached hydrogen (secondary N) is 1. The van der Waals surface area contributed by atoms with Gasteiger partial charge in [0, 0.05) is 18.6 Å². The number of sulfonamides is 1. The molecule has 2 aromatic heterocycles. The smallest absolute Gasteiger partial charge is 0.289 e. The maximum atomic E-state index is 12.8. The van der Waals surface area contributed by atoms with Gasteiger partial charge in [-0.05, 0) is 34.1 Å². The van der Waals surface area contributed by atoms with E-state index in [1.165, 1.54) is 23.0 Å². The predicted molar refractivity (Wildman–Crippen MR) is 91.8 cm³/mol. The highest BCUT2D eigenvalue weighted by molar-refractivity contribution is 9.10. The number of hydrogen-bond acceptors (Lipinski definition) is 5. The van der Waals surface area contributed by atoms with Crippen LogP contribution in [0.1, 0.15) is 16.1 Å². The SMILES string of the molecule is O=C(NS(=O)(=O)c1cc(C(F)(F)F)ccc1Cl)c1cn2cc(Br)cnc2n1. The lowest BCUT2D eigenvalue weighted by Gasteiger charge is -2.11. The quantitative estimate of drug-likeness (QED) is 0.617. The van der Waals surface area contributed by atoms with E-state index in [1.54, 1.807) is 4.72 Å². The summed E-state index contributed by atoms with van der Waals surface area (Å²) in [5, 5.41) is -0.469. The summed E-state index contributed by atoms with van der Waals surface area (Å²) in [4.78, 5) is 19.1. The third kappa shape index (κ3) is 4.06. The van der Waals surface area contributed by atoms with Crippen molar-refractivity contribution in [1.82, 2.24) is 19.1 Å². The van der Waals surface area contributed by atoms with Gasteiger partial charge >= 0.3 is 6.18 Å². The highest BCUT2D eigenvalue weighted by Crippen LogP contribution is 2.33. The Morgan fingerprint density at radius 1 is 1.26 bits per heavy atom. The Morgan fingerprint density at radius 2 is 1.96 bits per heavy atom. The lowest BCUT2D eigenvalue weighted by atomic mass is 10.2. The number of fused-ring (bicyclic) bond motifs is 1. The van der Waals surface area contributed by atoms with Crippen LogP contribution in [-0.2, 0) is 16.2 Å². The van der Waals surface area contributed by atoms with E-state index in [2.05, 4.69) is 25.9 Å². The van der Waals surface area contributed by atoms with E-state index in [-0.39, 0.29) is 11.5 Å². The number of halogens is 5. The minimum absolute atomic E-state index is 0.123. The van der Waals surface area contributed by atoms with Gasteiger partial charge in [0.25, 0.3) is 15.9 Å². The topological polar surface area (TPSA) is 93.4 Å². The molecule has 0 bridgehead atoms. The fourth-order valence-corrected chi connectivity index (χ4v) is 3.89. The third-order valence-electron chi connectivity index (χ3n) is 3.29. The number of amides is 1. The number of alkyl halides is 3. The van der Waals surface area contributed by atoms with Gasteiger partial charge in [0.2, 0.25) is 5.78 Å². The summed E-state index contributed by atoms with van der Waals surface area (Å²) in [6, 6.07) is 1.77. The van der Waals surface area contributed by atoms with E-state index in [0.717, 1.165) is 6.07 Å². The van der Waals surface area contributed by atoms with Crippen LogP contribution in [0.25, 0.3) is 5.78 Å². The predicted octanol–water partition coefficient (Wildman–Crippen LogP) is 3.28. The normalized spacial score (nSPS) is 12.3. The van der Waals surface area contributed by atoms with Crippen LogP contribution in [0, 0.1) is 0 Å². The lowest BCUT2D eigenvalue weighted by Crippen LogP contribution is -2.31. The molecule has 13 heteroatoms. The Balaban J connectivity index is 1.94. The molecule has 0 saturated carbocycles. The van der Waals surface area contributed by atoms with Gasteiger partial charge in [0.05, 0.1) is 15.1 Å². The number of hydrogen-bond donors (Lipinski definition) is 1. The number of carbonyl (C=O) groups is 1. The molecule has 142 valence electrons. The summed E-state index contributed by atoms with van der Waals surface area (Å²) in [6.07, 6.45) is -0.612. The van der Waals surface area contributed by atoms with Gasteiger partial charge in [0.1, 0.15) is 10.6 Å². The summed E-state index contributed by atoms with van der Waals surface area (Å²) in [6.45, 7) is 0. The molecule has 0 aliphatic heterocycles. The standard InChI is InChI=1S/C14H7BrClF3N4O3S/c15-8-4-20-13-21-10(6-23(13)5-8)12(24)22-27(25,26)11-3-7(14(17,18)19)1-2-9(11)16/h1-6H,(H,22,24). The molecule has 3 rings (SSSR count). The first kappa shape index (κ1) is 19.6. The van der Waals surface area contributed by atoms with Gasteiger partial charge in [-0.2, -0.15) is 13.2 Å². The van der Waals surface area contributed by atoms with Gasteiger partial charge in [-0.3, -0.25) is 9.20 Å². The van der Waals surface area contributed by atoms with Gasteiger partial charge in [0.15, 0.2) is 0 Å². The summed E-state index contributed by atoms with van der Waals surface area (Å²) in [7, 11) is -4.68. The minimum Gasteiger partial charge on any atom is -0.289 e. The number of carbonyl (C=O) groups excluding carboxylic acids is 1. The molecule has 1 N–H and O–H groups in total. The van der Waals surface area contributed by atoms with E-state index >= 15 is 0 Å². The van der Waals surface area contributed by atoms with E-state index in [1.807, 2.05) is 0 Å². The Kier molecular flexibility index (Phi) is 4.91. The second-order valence-electron chi connectivity index (χ2n) is 5.18. The lowest BCUT2D eigenvalue weighted by molar-refractivity contribution is -0.137. The number of nitrogens with zero attached hydrogens (tertiary/aromatic N) is 3. The van der Waals surface area contributed by atoms with Crippen molar-refractivity contribution >= 4 is 49.2 Å². The highest BCUT2D eigenvalue weighted by Gasteiger charge is 2.33. The van der Waals surface area contributed by atoms with Crippen LogP contribution < -0.4 is 4.72 Å². The molecule has 0 saturated heterocycles. The molecule has 2 heterocycles. The highest BCUT2D eigenvalue weighted by atomic mass is 79.9. The monoisotopic (exact) mass is 482 g/mol. The first-order valence-electron chi connectivity index (χ1n) is 6.91. The van der Waals surface area contributed by atoms with E-state index in [4.69, 9.17) is 11.6 Å². The van der Waals surface area contributed by atoms with Crippen molar-refractivity contribution < 1.29 is 26.4 Å². The molecule has 0 radical (unpaired) electrons. The van der Waals surface area contributed by atoms with Crippen molar-refractivity contribution in [1.29, 1.82) is 0 Å². The van der Waals surface area contributed by atoms with E-state index in [9.17, 15) is 26.4 Å². The van der Waals surface area contributed by atoms with Gasteiger partial charge in [-0.15, -0.1) is 0 Å². The zero-order chi connectivity index (χ0) is 20.0. The molecule has 0 unspecified atom stereocenters. The van der Waals surface area contributed by atoms with Crippen molar-refractivity contribution in [2.75, 3.05) is 0 Å². The molecule has 0 atom stereocenters. The second kappa shape index (κ2) is 6.77. The second-order valence-corrected chi connectivity index (χ2v) is 8.16. The number of rotatable bonds is 3. The average molecular weight is 484 g/mol.